The van der Waals surface area contributed by atoms with E-state index in [1.807, 2.05) is 38.1 Å². The first-order valence-electron chi connectivity index (χ1n) is 4.30. The fourth-order valence-electron chi connectivity index (χ4n) is 1.06. The van der Waals surface area contributed by atoms with Gasteiger partial charge >= 0.3 is 0 Å². The number of rotatable bonds is 2. The highest BCUT2D eigenvalue weighted by atomic mass is 35.5. The molecular weight excluding hydrogens is 212 g/mol. The number of hydrogen-bond donors (Lipinski definition) is 2. The van der Waals surface area contributed by atoms with Crippen LogP contribution in [0.25, 0.3) is 0 Å². The van der Waals surface area contributed by atoms with E-state index < -0.39 is 0 Å². The molecule has 0 heterocycles. The van der Waals surface area contributed by atoms with Gasteiger partial charge in [-0.1, -0.05) is 29.8 Å². The molecule has 0 aliphatic carbocycles. The zero-order chi connectivity index (χ0) is 10.6. The van der Waals surface area contributed by atoms with Crippen LogP contribution >= 0.6 is 12.4 Å². The fourth-order valence-corrected chi connectivity index (χ4v) is 1.06. The van der Waals surface area contributed by atoms with Gasteiger partial charge in [0.05, 0.1) is 5.71 Å². The van der Waals surface area contributed by atoms with Crippen molar-refractivity contribution in [3.05, 3.63) is 35.4 Å². The summed E-state index contributed by atoms with van der Waals surface area (Å²) >= 11 is 0. The van der Waals surface area contributed by atoms with E-state index in [-0.39, 0.29) is 18.4 Å². The predicted molar refractivity (Wildman–Crippen MR) is 66.4 cm³/mol. The molecule has 0 aliphatic rings. The average Bonchev–Trinajstić information content (AvgIpc) is 2.14. The van der Waals surface area contributed by atoms with E-state index in [2.05, 4.69) is 10.2 Å². The first-order valence-corrected chi connectivity index (χ1v) is 4.30. The van der Waals surface area contributed by atoms with Crippen molar-refractivity contribution in [1.82, 2.24) is 0 Å². The van der Waals surface area contributed by atoms with Gasteiger partial charge in [0.25, 0.3) is 0 Å². The van der Waals surface area contributed by atoms with Crippen molar-refractivity contribution >= 4 is 24.1 Å². The van der Waals surface area contributed by atoms with Gasteiger partial charge in [0.15, 0.2) is 0 Å². The van der Waals surface area contributed by atoms with Crippen LogP contribution in [0.5, 0.6) is 0 Å². The molecule has 4 nitrogen and oxygen atoms in total. The number of aryl methyl sites for hydroxylation is 1. The van der Waals surface area contributed by atoms with Crippen molar-refractivity contribution in [2.75, 3.05) is 0 Å². The number of nitrogens with two attached hydrogens (primary N) is 2. The van der Waals surface area contributed by atoms with E-state index in [9.17, 15) is 0 Å². The molecule has 1 aromatic rings. The van der Waals surface area contributed by atoms with E-state index >= 15 is 0 Å². The van der Waals surface area contributed by atoms with Crippen LogP contribution in [0.2, 0.25) is 0 Å². The van der Waals surface area contributed by atoms with E-state index in [1.165, 1.54) is 5.56 Å². The molecule has 0 radical (unpaired) electrons. The van der Waals surface area contributed by atoms with Gasteiger partial charge < -0.3 is 11.5 Å². The number of guanidine groups is 1. The van der Waals surface area contributed by atoms with Crippen LogP contribution in [0.1, 0.15) is 18.1 Å². The molecule has 82 valence electrons. The lowest BCUT2D eigenvalue weighted by molar-refractivity contribution is 1.19. The van der Waals surface area contributed by atoms with Crippen LogP contribution in [0.3, 0.4) is 0 Å². The Balaban J connectivity index is 0.00000196. The third-order valence-corrected chi connectivity index (χ3v) is 1.75. The molecule has 0 fully saturated rings. The lowest BCUT2D eigenvalue weighted by Gasteiger charge is -1.99. The lowest BCUT2D eigenvalue weighted by atomic mass is 10.1. The second kappa shape index (κ2) is 6.03. The molecule has 15 heavy (non-hydrogen) atoms. The molecule has 0 saturated heterocycles. The molecule has 1 aromatic carbocycles. The Hall–Kier alpha value is -1.55. The molecule has 0 spiro atoms. The van der Waals surface area contributed by atoms with Crippen LogP contribution in [0.4, 0.5) is 0 Å². The molecule has 0 aliphatic heterocycles. The van der Waals surface area contributed by atoms with E-state index in [1.54, 1.807) is 0 Å². The van der Waals surface area contributed by atoms with Crippen LogP contribution < -0.4 is 11.5 Å². The summed E-state index contributed by atoms with van der Waals surface area (Å²) in [6.07, 6.45) is 0. The Morgan fingerprint density at radius 2 is 1.87 bits per heavy atom. The summed E-state index contributed by atoms with van der Waals surface area (Å²) in [6, 6.07) is 7.99. The SMILES string of the molecule is C/C(=N\N=C(N)N)c1cccc(C)c1.Cl. The maximum absolute atomic E-state index is 5.17. The zero-order valence-electron chi connectivity index (χ0n) is 8.77. The molecule has 0 amide bonds. The highest BCUT2D eigenvalue weighted by Crippen LogP contribution is 2.05. The van der Waals surface area contributed by atoms with Crippen molar-refractivity contribution < 1.29 is 0 Å². The largest absolute Gasteiger partial charge is 0.369 e. The van der Waals surface area contributed by atoms with E-state index in [4.69, 9.17) is 11.5 Å². The van der Waals surface area contributed by atoms with E-state index in [0.717, 1.165) is 11.3 Å². The van der Waals surface area contributed by atoms with Gasteiger partial charge in [-0.2, -0.15) is 5.10 Å². The molecule has 4 N–H and O–H groups in total. The second-order valence-electron chi connectivity index (χ2n) is 3.08. The Morgan fingerprint density at radius 3 is 2.40 bits per heavy atom. The van der Waals surface area contributed by atoms with Gasteiger partial charge in [0.2, 0.25) is 5.96 Å². The smallest absolute Gasteiger partial charge is 0.211 e. The van der Waals surface area contributed by atoms with Gasteiger partial charge in [-0.15, -0.1) is 17.5 Å². The van der Waals surface area contributed by atoms with Gasteiger partial charge in [-0.3, -0.25) is 0 Å². The summed E-state index contributed by atoms with van der Waals surface area (Å²) in [7, 11) is 0. The predicted octanol–water partition coefficient (Wildman–Crippen LogP) is 1.41. The molecule has 5 heteroatoms. The molecule has 0 atom stereocenters. The first-order chi connectivity index (χ1) is 6.59. The summed E-state index contributed by atoms with van der Waals surface area (Å²) in [5, 5.41) is 7.48. The van der Waals surface area contributed by atoms with Crippen molar-refractivity contribution in [2.45, 2.75) is 13.8 Å². The molecule has 0 aromatic heterocycles. The van der Waals surface area contributed by atoms with Crippen LogP contribution in [0.15, 0.2) is 34.5 Å². The highest BCUT2D eigenvalue weighted by molar-refractivity contribution is 5.99. The fraction of sp³-hybridized carbons (Fsp3) is 0.200. The van der Waals surface area contributed by atoms with Gasteiger partial charge in [0.1, 0.15) is 0 Å². The highest BCUT2D eigenvalue weighted by Gasteiger charge is 1.96. The van der Waals surface area contributed by atoms with Crippen LogP contribution in [-0.2, 0) is 0 Å². The first kappa shape index (κ1) is 13.5. The van der Waals surface area contributed by atoms with Crippen molar-refractivity contribution in [3.8, 4) is 0 Å². The Bertz CT molecular complexity index is 381. The van der Waals surface area contributed by atoms with Gasteiger partial charge in [-0.25, -0.2) is 0 Å². The number of halogens is 1. The topological polar surface area (TPSA) is 76.8 Å². The summed E-state index contributed by atoms with van der Waals surface area (Å²) < 4.78 is 0. The van der Waals surface area contributed by atoms with E-state index in [0.29, 0.717) is 0 Å². The average molecular weight is 227 g/mol. The van der Waals surface area contributed by atoms with Crippen molar-refractivity contribution in [2.24, 2.45) is 21.7 Å². The monoisotopic (exact) mass is 226 g/mol. The molecular formula is C10H15ClN4. The Labute approximate surface area is 95.5 Å². The minimum atomic E-state index is -0.0306. The lowest BCUT2D eigenvalue weighted by Crippen LogP contribution is -2.22. The zero-order valence-corrected chi connectivity index (χ0v) is 9.58. The third-order valence-electron chi connectivity index (χ3n) is 1.75. The van der Waals surface area contributed by atoms with Crippen molar-refractivity contribution in [1.29, 1.82) is 0 Å². The number of nitrogens with zero attached hydrogens (tertiary/aromatic N) is 2. The summed E-state index contributed by atoms with van der Waals surface area (Å²) in [4.78, 5) is 0. The van der Waals surface area contributed by atoms with Crippen LogP contribution in [-0.4, -0.2) is 11.7 Å². The molecule has 0 unspecified atom stereocenters. The molecule has 0 bridgehead atoms. The number of hydrogen-bond acceptors (Lipinski definition) is 2. The van der Waals surface area contributed by atoms with Crippen molar-refractivity contribution in [3.63, 3.8) is 0 Å². The summed E-state index contributed by atoms with van der Waals surface area (Å²) in [5.74, 6) is -0.0306. The normalized spacial score (nSPS) is 10.4. The Morgan fingerprint density at radius 1 is 1.20 bits per heavy atom. The quantitative estimate of drug-likeness (QED) is 0.455. The third kappa shape index (κ3) is 4.46. The minimum Gasteiger partial charge on any atom is -0.369 e. The molecule has 1 rings (SSSR count). The maximum atomic E-state index is 5.17. The van der Waals surface area contributed by atoms with Gasteiger partial charge in [0, 0.05) is 0 Å². The summed E-state index contributed by atoms with van der Waals surface area (Å²) in [6.45, 7) is 3.89. The van der Waals surface area contributed by atoms with Crippen LogP contribution in [0, 0.1) is 6.92 Å². The molecule has 0 saturated carbocycles. The van der Waals surface area contributed by atoms with Gasteiger partial charge in [-0.05, 0) is 19.4 Å². The summed E-state index contributed by atoms with van der Waals surface area (Å²) in [5.41, 5.74) is 13.3. The maximum Gasteiger partial charge on any atom is 0.211 e. The second-order valence-corrected chi connectivity index (χ2v) is 3.08. The minimum absolute atomic E-state index is 0. The standard InChI is InChI=1S/C10H14N4.ClH/c1-7-4-3-5-9(6-7)8(2)13-14-10(11)12;/h3-6H,1-2H3,(H4,11,12,14);1H/b13-8+;. The number of benzene rings is 1. The Kier molecular flexibility index (Phi) is 5.41.